The number of aliphatic carboxylic acids is 1. The molecule has 1 aromatic carbocycles. The van der Waals surface area contributed by atoms with E-state index >= 15 is 0 Å². The second-order valence-electron chi connectivity index (χ2n) is 5.29. The second-order valence-corrected chi connectivity index (χ2v) is 5.29. The number of hydrogen-bond acceptors (Lipinski definition) is 5. The molecule has 1 saturated heterocycles. The molecule has 0 bridgehead atoms. The first-order valence-corrected chi connectivity index (χ1v) is 7.00. The van der Waals surface area contributed by atoms with E-state index in [1.807, 2.05) is 36.1 Å². The lowest BCUT2D eigenvalue weighted by atomic mass is 10.1. The van der Waals surface area contributed by atoms with Gasteiger partial charge in [0.1, 0.15) is 6.04 Å². The molecular formula is C15H17N3O3. The van der Waals surface area contributed by atoms with Crippen LogP contribution >= 0.6 is 0 Å². The molecule has 0 spiro atoms. The minimum Gasteiger partial charge on any atom is -0.480 e. The monoisotopic (exact) mass is 287 g/mol. The van der Waals surface area contributed by atoms with Crippen LogP contribution in [0.15, 0.2) is 28.8 Å². The molecule has 21 heavy (non-hydrogen) atoms. The van der Waals surface area contributed by atoms with E-state index in [2.05, 4.69) is 10.1 Å². The van der Waals surface area contributed by atoms with Crippen molar-refractivity contribution >= 4 is 5.97 Å². The van der Waals surface area contributed by atoms with Crippen LogP contribution in [0.3, 0.4) is 0 Å². The Kier molecular flexibility index (Phi) is 3.70. The highest BCUT2D eigenvalue weighted by atomic mass is 16.5. The quantitative estimate of drug-likeness (QED) is 0.927. The van der Waals surface area contributed by atoms with Crippen molar-refractivity contribution in [3.8, 4) is 11.4 Å². The molecule has 1 aliphatic heterocycles. The average molecular weight is 287 g/mol. The van der Waals surface area contributed by atoms with Gasteiger partial charge in [0.05, 0.1) is 6.54 Å². The summed E-state index contributed by atoms with van der Waals surface area (Å²) in [7, 11) is 0. The van der Waals surface area contributed by atoms with Gasteiger partial charge in [0.2, 0.25) is 11.7 Å². The maximum Gasteiger partial charge on any atom is 0.320 e. The van der Waals surface area contributed by atoms with Crippen molar-refractivity contribution in [1.82, 2.24) is 15.0 Å². The predicted molar refractivity (Wildman–Crippen MR) is 75.5 cm³/mol. The van der Waals surface area contributed by atoms with E-state index in [0.717, 1.165) is 24.1 Å². The van der Waals surface area contributed by atoms with E-state index in [-0.39, 0.29) is 0 Å². The molecule has 1 aromatic heterocycles. The summed E-state index contributed by atoms with van der Waals surface area (Å²) in [6, 6.07) is 7.38. The van der Waals surface area contributed by atoms with Gasteiger partial charge in [0.15, 0.2) is 0 Å². The third kappa shape index (κ3) is 2.80. The lowest BCUT2D eigenvalue weighted by Gasteiger charge is -2.18. The number of carboxylic acid groups (broad SMARTS) is 1. The van der Waals surface area contributed by atoms with E-state index in [9.17, 15) is 9.90 Å². The minimum absolute atomic E-state index is 0.385. The minimum atomic E-state index is -0.786. The van der Waals surface area contributed by atoms with Crippen molar-refractivity contribution in [3.05, 3.63) is 35.7 Å². The second kappa shape index (κ2) is 5.65. The molecule has 0 aliphatic carbocycles. The number of rotatable bonds is 4. The Bertz CT molecular complexity index is 653. The molecule has 1 N–H and O–H groups in total. The lowest BCUT2D eigenvalue weighted by Crippen LogP contribution is -2.35. The molecule has 110 valence electrons. The fourth-order valence-corrected chi connectivity index (χ4v) is 2.72. The Morgan fingerprint density at radius 2 is 2.29 bits per heavy atom. The fourth-order valence-electron chi connectivity index (χ4n) is 2.72. The number of carboxylic acids is 1. The maximum absolute atomic E-state index is 11.2. The van der Waals surface area contributed by atoms with Crippen LogP contribution < -0.4 is 0 Å². The normalized spacial score (nSPS) is 19.0. The standard InChI is InChI=1S/C15H17N3O3/c1-10-5-2-3-6-11(10)14-16-13(21-17-14)9-18-8-4-7-12(18)15(19)20/h2-3,5-6,12H,4,7-9H2,1H3,(H,19,20). The molecule has 3 rings (SSSR count). The third-order valence-electron chi connectivity index (χ3n) is 3.84. The molecule has 0 amide bonds. The van der Waals surface area contributed by atoms with Gasteiger partial charge in [0, 0.05) is 5.56 Å². The number of aromatic nitrogens is 2. The molecule has 0 saturated carbocycles. The molecule has 0 radical (unpaired) electrons. The molecule has 2 aromatic rings. The Morgan fingerprint density at radius 1 is 1.48 bits per heavy atom. The summed E-state index contributed by atoms with van der Waals surface area (Å²) in [5, 5.41) is 13.2. The van der Waals surface area contributed by atoms with Crippen molar-refractivity contribution in [2.75, 3.05) is 6.54 Å². The van der Waals surface area contributed by atoms with Gasteiger partial charge in [-0.25, -0.2) is 0 Å². The molecule has 6 nitrogen and oxygen atoms in total. The van der Waals surface area contributed by atoms with Gasteiger partial charge in [-0.15, -0.1) is 0 Å². The summed E-state index contributed by atoms with van der Waals surface area (Å²) in [6.45, 7) is 3.13. The fraction of sp³-hybridized carbons (Fsp3) is 0.400. The molecule has 1 fully saturated rings. The Morgan fingerprint density at radius 3 is 3.05 bits per heavy atom. The highest BCUT2D eigenvalue weighted by molar-refractivity contribution is 5.73. The zero-order valence-electron chi connectivity index (χ0n) is 11.8. The van der Waals surface area contributed by atoms with Crippen LogP contribution in [-0.4, -0.2) is 38.7 Å². The van der Waals surface area contributed by atoms with Crippen LogP contribution in [0.25, 0.3) is 11.4 Å². The first-order valence-electron chi connectivity index (χ1n) is 7.00. The topological polar surface area (TPSA) is 79.5 Å². The number of nitrogens with zero attached hydrogens (tertiary/aromatic N) is 3. The van der Waals surface area contributed by atoms with Crippen LogP contribution in [0.4, 0.5) is 0 Å². The first kappa shape index (κ1) is 13.8. The van der Waals surface area contributed by atoms with Crippen LogP contribution in [0.1, 0.15) is 24.3 Å². The van der Waals surface area contributed by atoms with Crippen LogP contribution in [0.5, 0.6) is 0 Å². The third-order valence-corrected chi connectivity index (χ3v) is 3.84. The molecule has 6 heteroatoms. The van der Waals surface area contributed by atoms with Gasteiger partial charge < -0.3 is 9.63 Å². The van der Waals surface area contributed by atoms with Crippen LogP contribution in [0, 0.1) is 6.92 Å². The van der Waals surface area contributed by atoms with Crippen molar-refractivity contribution in [1.29, 1.82) is 0 Å². The zero-order valence-corrected chi connectivity index (χ0v) is 11.8. The molecule has 1 atom stereocenters. The van der Waals surface area contributed by atoms with Crippen LogP contribution in [-0.2, 0) is 11.3 Å². The van der Waals surface area contributed by atoms with Gasteiger partial charge in [-0.05, 0) is 31.9 Å². The van der Waals surface area contributed by atoms with Crippen LogP contribution in [0.2, 0.25) is 0 Å². The smallest absolute Gasteiger partial charge is 0.320 e. The highest BCUT2D eigenvalue weighted by Gasteiger charge is 2.31. The van der Waals surface area contributed by atoms with E-state index < -0.39 is 12.0 Å². The number of aryl methyl sites for hydroxylation is 1. The highest BCUT2D eigenvalue weighted by Crippen LogP contribution is 2.23. The van der Waals surface area contributed by atoms with Crippen molar-refractivity contribution in [2.24, 2.45) is 0 Å². The molecule has 2 heterocycles. The van der Waals surface area contributed by atoms with Gasteiger partial charge >= 0.3 is 5.97 Å². The number of benzene rings is 1. The van der Waals surface area contributed by atoms with E-state index in [4.69, 9.17) is 4.52 Å². The van der Waals surface area contributed by atoms with E-state index in [0.29, 0.717) is 24.7 Å². The Balaban J connectivity index is 1.77. The SMILES string of the molecule is Cc1ccccc1-c1noc(CN2CCCC2C(=O)O)n1. The van der Waals surface area contributed by atoms with Gasteiger partial charge in [-0.2, -0.15) is 4.98 Å². The summed E-state index contributed by atoms with van der Waals surface area (Å²) < 4.78 is 5.27. The van der Waals surface area contributed by atoms with Crippen molar-refractivity contribution in [2.45, 2.75) is 32.4 Å². The predicted octanol–water partition coefficient (Wildman–Crippen LogP) is 2.09. The van der Waals surface area contributed by atoms with E-state index in [1.165, 1.54) is 0 Å². The van der Waals surface area contributed by atoms with Gasteiger partial charge in [-0.3, -0.25) is 9.69 Å². The lowest BCUT2D eigenvalue weighted by molar-refractivity contribution is -0.142. The van der Waals surface area contributed by atoms with Gasteiger partial charge in [0.25, 0.3) is 0 Å². The number of likely N-dealkylation sites (tertiary alicyclic amines) is 1. The summed E-state index contributed by atoms with van der Waals surface area (Å²) in [4.78, 5) is 17.4. The average Bonchev–Trinajstić information content (AvgIpc) is 3.09. The van der Waals surface area contributed by atoms with Crippen molar-refractivity contribution < 1.29 is 14.4 Å². The largest absolute Gasteiger partial charge is 0.480 e. The molecule has 1 unspecified atom stereocenters. The molecule has 1 aliphatic rings. The Labute approximate surface area is 122 Å². The summed E-state index contributed by atoms with van der Waals surface area (Å²) in [5.41, 5.74) is 2.01. The maximum atomic E-state index is 11.2. The zero-order chi connectivity index (χ0) is 14.8. The van der Waals surface area contributed by atoms with E-state index in [1.54, 1.807) is 0 Å². The summed E-state index contributed by atoms with van der Waals surface area (Å²) >= 11 is 0. The number of hydrogen-bond donors (Lipinski definition) is 1. The van der Waals surface area contributed by atoms with Crippen molar-refractivity contribution in [3.63, 3.8) is 0 Å². The molecular weight excluding hydrogens is 270 g/mol. The number of carbonyl (C=O) groups is 1. The summed E-state index contributed by atoms with van der Waals surface area (Å²) in [6.07, 6.45) is 1.56. The van der Waals surface area contributed by atoms with Gasteiger partial charge in [-0.1, -0.05) is 29.4 Å². The summed E-state index contributed by atoms with van der Waals surface area (Å²) in [5.74, 6) is 0.224. The Hall–Kier alpha value is -2.21. The first-order chi connectivity index (χ1) is 10.1.